The lowest BCUT2D eigenvalue weighted by Gasteiger charge is -2.08. The summed E-state index contributed by atoms with van der Waals surface area (Å²) in [6, 6.07) is 9.48. The minimum Gasteiger partial charge on any atom is -0.322 e. The Morgan fingerprint density at radius 1 is 1.17 bits per heavy atom. The number of nitrogens with zero attached hydrogens (tertiary/aromatic N) is 1. The average molecular weight is 327 g/mol. The van der Waals surface area contributed by atoms with Gasteiger partial charge in [-0.2, -0.15) is 0 Å². The number of rotatable bonds is 3. The zero-order valence-corrected chi connectivity index (χ0v) is 13.0. The zero-order chi connectivity index (χ0) is 17.3. The van der Waals surface area contributed by atoms with E-state index < -0.39 is 11.6 Å². The second-order valence-electron chi connectivity index (χ2n) is 5.47. The molecule has 3 aromatic rings. The number of anilines is 1. The van der Waals surface area contributed by atoms with E-state index in [0.29, 0.717) is 11.3 Å². The number of hydrogen-bond acceptors (Lipinski definition) is 4. The van der Waals surface area contributed by atoms with E-state index in [9.17, 15) is 14.0 Å². The first kappa shape index (κ1) is 15.7. The lowest BCUT2D eigenvalue weighted by molar-refractivity contribution is 0.102. The number of nitrogens with one attached hydrogen (secondary N) is 2. The molecule has 0 atom stereocenters. The molecule has 0 aliphatic carbocycles. The van der Waals surface area contributed by atoms with E-state index in [4.69, 9.17) is 0 Å². The Bertz CT molecular complexity index is 955. The van der Waals surface area contributed by atoms with Gasteiger partial charge in [-0.25, -0.2) is 9.18 Å². The molecule has 0 saturated carbocycles. The summed E-state index contributed by atoms with van der Waals surface area (Å²) in [6.07, 6.45) is 0. The molecule has 0 saturated heterocycles. The second-order valence-corrected chi connectivity index (χ2v) is 5.47. The van der Waals surface area contributed by atoms with Crippen LogP contribution in [0.25, 0.3) is 11.4 Å². The summed E-state index contributed by atoms with van der Waals surface area (Å²) in [7, 11) is 0. The number of carbonyl (C=O) groups is 1. The van der Waals surface area contributed by atoms with Crippen molar-refractivity contribution in [3.05, 3.63) is 69.5 Å². The van der Waals surface area contributed by atoms with Crippen LogP contribution in [0.4, 0.5) is 10.1 Å². The maximum absolute atomic E-state index is 13.9. The molecule has 3 rings (SSSR count). The Morgan fingerprint density at radius 2 is 1.88 bits per heavy atom. The van der Waals surface area contributed by atoms with E-state index in [1.165, 1.54) is 18.2 Å². The number of carbonyl (C=O) groups excluding carboxylic acids is 1. The van der Waals surface area contributed by atoms with E-state index in [-0.39, 0.29) is 17.3 Å². The minimum atomic E-state index is -0.783. The molecule has 0 bridgehead atoms. The molecule has 0 aliphatic rings. The molecule has 2 N–H and O–H groups in total. The van der Waals surface area contributed by atoms with Gasteiger partial charge >= 0.3 is 5.76 Å². The molecule has 1 aromatic heterocycles. The van der Waals surface area contributed by atoms with Gasteiger partial charge in [0.2, 0.25) is 0 Å². The van der Waals surface area contributed by atoms with Crippen molar-refractivity contribution in [2.24, 2.45) is 0 Å². The Morgan fingerprint density at radius 3 is 2.50 bits per heavy atom. The van der Waals surface area contributed by atoms with Gasteiger partial charge < -0.3 is 5.32 Å². The maximum atomic E-state index is 13.9. The van der Waals surface area contributed by atoms with Gasteiger partial charge in [0.15, 0.2) is 5.82 Å². The summed E-state index contributed by atoms with van der Waals surface area (Å²) in [5, 5.41) is 6.15. The first-order chi connectivity index (χ1) is 11.4. The van der Waals surface area contributed by atoms with Crippen LogP contribution in [-0.4, -0.2) is 16.0 Å². The van der Waals surface area contributed by atoms with Crippen LogP contribution in [0.1, 0.15) is 21.5 Å². The number of aryl methyl sites for hydroxylation is 2. The average Bonchev–Trinajstić information content (AvgIpc) is 2.94. The summed E-state index contributed by atoms with van der Waals surface area (Å²) < 4.78 is 18.3. The van der Waals surface area contributed by atoms with Gasteiger partial charge in [-0.1, -0.05) is 22.3 Å². The minimum absolute atomic E-state index is 0.0269. The van der Waals surface area contributed by atoms with Crippen molar-refractivity contribution in [2.45, 2.75) is 13.8 Å². The van der Waals surface area contributed by atoms with Crippen molar-refractivity contribution in [3.63, 3.8) is 0 Å². The summed E-state index contributed by atoms with van der Waals surface area (Å²) in [6.45, 7) is 3.81. The number of halogens is 1. The lowest BCUT2D eigenvalue weighted by atomic mass is 10.1. The number of benzene rings is 2. The Labute approximate surface area is 136 Å². The number of aromatic amines is 1. The highest BCUT2D eigenvalue weighted by molar-refractivity contribution is 6.04. The van der Waals surface area contributed by atoms with Crippen LogP contribution in [0.2, 0.25) is 0 Å². The number of H-pyrrole nitrogens is 1. The third-order valence-corrected chi connectivity index (χ3v) is 3.40. The fraction of sp³-hybridized carbons (Fsp3) is 0.118. The molecule has 122 valence electrons. The predicted molar refractivity (Wildman–Crippen MR) is 86.4 cm³/mol. The molecule has 7 heteroatoms. The largest absolute Gasteiger partial charge is 0.439 e. The second kappa shape index (κ2) is 6.11. The highest BCUT2D eigenvalue weighted by atomic mass is 19.1. The molecule has 24 heavy (non-hydrogen) atoms. The van der Waals surface area contributed by atoms with E-state index in [1.807, 2.05) is 19.9 Å². The SMILES string of the molecule is Cc1cc(C)cc(C(=O)Nc2ccc(F)c(-c3noc(=O)[nH]3)c2)c1. The van der Waals surface area contributed by atoms with Gasteiger partial charge in [-0.05, 0) is 44.2 Å². The molecule has 2 aromatic carbocycles. The first-order valence-corrected chi connectivity index (χ1v) is 7.18. The van der Waals surface area contributed by atoms with Crippen molar-refractivity contribution < 1.29 is 13.7 Å². The maximum Gasteiger partial charge on any atom is 0.439 e. The first-order valence-electron chi connectivity index (χ1n) is 7.18. The molecule has 1 amide bonds. The predicted octanol–water partition coefficient (Wildman–Crippen LogP) is 3.04. The third-order valence-electron chi connectivity index (χ3n) is 3.40. The Hall–Kier alpha value is -3.22. The van der Waals surface area contributed by atoms with Crippen molar-refractivity contribution in [2.75, 3.05) is 5.32 Å². The van der Waals surface area contributed by atoms with Gasteiger partial charge in [0.25, 0.3) is 5.91 Å². The standard InChI is InChI=1S/C17H14FN3O3/c1-9-5-10(2)7-11(6-9)16(22)19-12-3-4-14(18)13(8-12)15-20-17(23)24-21-15/h3-8H,1-2H3,(H,19,22)(H,20,21,23). The Kier molecular flexibility index (Phi) is 3.99. The summed E-state index contributed by atoms with van der Waals surface area (Å²) in [4.78, 5) is 25.6. The van der Waals surface area contributed by atoms with Crippen LogP contribution in [0.3, 0.4) is 0 Å². The number of hydrogen-bond donors (Lipinski definition) is 2. The van der Waals surface area contributed by atoms with Crippen molar-refractivity contribution in [1.82, 2.24) is 10.1 Å². The van der Waals surface area contributed by atoms with Gasteiger partial charge in [-0.3, -0.25) is 14.3 Å². The monoisotopic (exact) mass is 327 g/mol. The molecule has 0 spiro atoms. The fourth-order valence-electron chi connectivity index (χ4n) is 2.44. The molecule has 0 radical (unpaired) electrons. The highest BCUT2D eigenvalue weighted by Crippen LogP contribution is 2.23. The van der Waals surface area contributed by atoms with Gasteiger partial charge in [0.05, 0.1) is 5.56 Å². The molecule has 0 fully saturated rings. The summed E-state index contributed by atoms with van der Waals surface area (Å²) in [5.41, 5.74) is 2.85. The van der Waals surface area contributed by atoms with Crippen molar-refractivity contribution in [1.29, 1.82) is 0 Å². The normalized spacial score (nSPS) is 10.6. The smallest absolute Gasteiger partial charge is 0.322 e. The summed E-state index contributed by atoms with van der Waals surface area (Å²) in [5.74, 6) is -1.73. The Balaban J connectivity index is 1.90. The van der Waals surface area contributed by atoms with Crippen LogP contribution in [0.15, 0.2) is 45.7 Å². The van der Waals surface area contributed by atoms with Gasteiger partial charge in [-0.15, -0.1) is 0 Å². The van der Waals surface area contributed by atoms with E-state index in [1.54, 1.807) is 12.1 Å². The van der Waals surface area contributed by atoms with Crippen LogP contribution >= 0.6 is 0 Å². The third kappa shape index (κ3) is 3.24. The topological polar surface area (TPSA) is 88.0 Å². The molecule has 0 aliphatic heterocycles. The highest BCUT2D eigenvalue weighted by Gasteiger charge is 2.13. The van der Waals surface area contributed by atoms with E-state index in [2.05, 4.69) is 20.0 Å². The molecule has 0 unspecified atom stereocenters. The molecular weight excluding hydrogens is 313 g/mol. The quantitative estimate of drug-likeness (QED) is 0.774. The van der Waals surface area contributed by atoms with Crippen LogP contribution < -0.4 is 11.1 Å². The molecule has 6 nitrogen and oxygen atoms in total. The number of aromatic nitrogens is 2. The van der Waals surface area contributed by atoms with Crippen molar-refractivity contribution in [3.8, 4) is 11.4 Å². The molecule has 1 heterocycles. The van der Waals surface area contributed by atoms with Crippen LogP contribution in [0.5, 0.6) is 0 Å². The van der Waals surface area contributed by atoms with E-state index in [0.717, 1.165) is 11.1 Å². The summed E-state index contributed by atoms with van der Waals surface area (Å²) >= 11 is 0. The molecular formula is C17H14FN3O3. The zero-order valence-electron chi connectivity index (χ0n) is 13.0. The van der Waals surface area contributed by atoms with Crippen molar-refractivity contribution >= 4 is 11.6 Å². The van der Waals surface area contributed by atoms with Gasteiger partial charge in [0.1, 0.15) is 5.82 Å². The lowest BCUT2D eigenvalue weighted by Crippen LogP contribution is -2.12. The van der Waals surface area contributed by atoms with E-state index >= 15 is 0 Å². The fourth-order valence-corrected chi connectivity index (χ4v) is 2.44. The van der Waals surface area contributed by atoms with Gasteiger partial charge in [0, 0.05) is 11.3 Å². The van der Waals surface area contributed by atoms with Crippen LogP contribution in [0, 0.1) is 19.7 Å². The number of amides is 1. The van der Waals surface area contributed by atoms with Crippen LogP contribution in [-0.2, 0) is 0 Å².